The molecule has 2 aromatic carbocycles. The molecule has 0 saturated heterocycles. The third-order valence-electron chi connectivity index (χ3n) is 5.91. The van der Waals surface area contributed by atoms with Crippen molar-refractivity contribution < 1.29 is 19.1 Å². The van der Waals surface area contributed by atoms with E-state index in [0.717, 1.165) is 22.8 Å². The third kappa shape index (κ3) is 4.47. The van der Waals surface area contributed by atoms with Crippen molar-refractivity contribution in [1.29, 1.82) is 0 Å². The molecule has 8 nitrogen and oxygen atoms in total. The highest BCUT2D eigenvalue weighted by molar-refractivity contribution is 6.04. The summed E-state index contributed by atoms with van der Waals surface area (Å²) in [6, 6.07) is 15.8. The van der Waals surface area contributed by atoms with Crippen LogP contribution < -0.4 is 10.3 Å². The summed E-state index contributed by atoms with van der Waals surface area (Å²) >= 11 is 0. The zero-order valence-corrected chi connectivity index (χ0v) is 20.4. The monoisotopic (exact) mass is 473 g/mol. The van der Waals surface area contributed by atoms with Gasteiger partial charge in [-0.25, -0.2) is 9.48 Å². The molecule has 0 aliphatic heterocycles. The predicted molar refractivity (Wildman–Crippen MR) is 133 cm³/mol. The first kappa shape index (κ1) is 23.9. The minimum Gasteiger partial charge on any atom is -0.497 e. The number of hydrogen-bond acceptors (Lipinski definition) is 6. The number of methoxy groups -OCH3 is 1. The number of carbonyl (C=O) groups excluding carboxylic acids is 2. The molecule has 0 spiro atoms. The number of Topliss-reactive ketones (excluding diaryl/α,β-unsaturated/α-hetero) is 1. The highest BCUT2D eigenvalue weighted by Crippen LogP contribution is 2.23. The first-order chi connectivity index (χ1) is 16.7. The Bertz CT molecular complexity index is 1480. The van der Waals surface area contributed by atoms with Crippen LogP contribution in [-0.4, -0.2) is 39.8 Å². The number of hydrogen-bond donors (Lipinski definition) is 0. The Morgan fingerprint density at radius 1 is 1.00 bits per heavy atom. The second-order valence-corrected chi connectivity index (χ2v) is 8.56. The smallest absolute Gasteiger partial charge is 0.359 e. The van der Waals surface area contributed by atoms with Crippen LogP contribution in [0.15, 0.2) is 59.4 Å². The molecular weight excluding hydrogens is 446 g/mol. The van der Waals surface area contributed by atoms with Gasteiger partial charge >= 0.3 is 5.97 Å². The number of benzene rings is 2. The van der Waals surface area contributed by atoms with Gasteiger partial charge in [-0.05, 0) is 64.1 Å². The molecule has 180 valence electrons. The molecule has 0 fully saturated rings. The third-order valence-corrected chi connectivity index (χ3v) is 5.91. The van der Waals surface area contributed by atoms with Gasteiger partial charge < -0.3 is 14.0 Å². The van der Waals surface area contributed by atoms with Crippen molar-refractivity contribution >= 4 is 22.5 Å². The molecule has 0 saturated carbocycles. The first-order valence-corrected chi connectivity index (χ1v) is 11.3. The largest absolute Gasteiger partial charge is 0.497 e. The summed E-state index contributed by atoms with van der Waals surface area (Å²) in [5.74, 6) is -0.343. The Morgan fingerprint density at radius 2 is 1.66 bits per heavy atom. The fourth-order valence-electron chi connectivity index (χ4n) is 4.16. The minimum atomic E-state index is -0.757. The fraction of sp³-hybridized carbons (Fsp3) is 0.259. The van der Waals surface area contributed by atoms with Crippen LogP contribution in [0.25, 0.3) is 16.5 Å². The number of nitrogens with zero attached hydrogens (tertiary/aromatic N) is 3. The van der Waals surface area contributed by atoms with Crippen LogP contribution in [0, 0.1) is 13.8 Å². The Kier molecular flexibility index (Phi) is 6.55. The normalized spacial score (nSPS) is 11.1. The van der Waals surface area contributed by atoms with Crippen molar-refractivity contribution in [3.8, 4) is 11.4 Å². The average Bonchev–Trinajstić information content (AvgIpc) is 3.16. The van der Waals surface area contributed by atoms with Gasteiger partial charge in [0, 0.05) is 28.0 Å². The van der Waals surface area contributed by atoms with Crippen molar-refractivity contribution in [3.63, 3.8) is 0 Å². The lowest BCUT2D eigenvalue weighted by molar-refractivity contribution is 0.0468. The SMILES string of the molecule is COc1ccc(-n2c(C)cc(C(=O)COC(=O)c3nn(C(C)C)c(=O)c4ccccc34)c2C)cc1. The van der Waals surface area contributed by atoms with Gasteiger partial charge in [-0.2, -0.15) is 5.10 Å². The van der Waals surface area contributed by atoms with Gasteiger partial charge in [0.15, 0.2) is 12.3 Å². The lowest BCUT2D eigenvalue weighted by atomic mass is 10.1. The maximum absolute atomic E-state index is 13.0. The number of aryl methyl sites for hydroxylation is 1. The molecule has 2 aromatic heterocycles. The summed E-state index contributed by atoms with van der Waals surface area (Å²) in [5.41, 5.74) is 2.70. The Morgan fingerprint density at radius 3 is 2.29 bits per heavy atom. The summed E-state index contributed by atoms with van der Waals surface area (Å²) < 4.78 is 13.8. The maximum Gasteiger partial charge on any atom is 0.359 e. The molecule has 0 aliphatic rings. The van der Waals surface area contributed by atoms with Crippen molar-refractivity contribution in [2.24, 2.45) is 0 Å². The van der Waals surface area contributed by atoms with E-state index >= 15 is 0 Å². The molecule has 0 atom stereocenters. The molecule has 0 aliphatic carbocycles. The van der Waals surface area contributed by atoms with Gasteiger partial charge in [0.25, 0.3) is 5.56 Å². The van der Waals surface area contributed by atoms with Gasteiger partial charge in [-0.3, -0.25) is 9.59 Å². The quantitative estimate of drug-likeness (QED) is 0.291. The number of aromatic nitrogens is 3. The molecule has 2 heterocycles. The van der Waals surface area contributed by atoms with Crippen molar-refractivity contribution in [3.05, 3.63) is 87.6 Å². The van der Waals surface area contributed by atoms with Gasteiger partial charge in [0.2, 0.25) is 5.78 Å². The van der Waals surface area contributed by atoms with E-state index in [1.165, 1.54) is 4.68 Å². The van der Waals surface area contributed by atoms with Gasteiger partial charge in [-0.1, -0.05) is 18.2 Å². The average molecular weight is 474 g/mol. The van der Waals surface area contributed by atoms with E-state index in [9.17, 15) is 14.4 Å². The van der Waals surface area contributed by atoms with Crippen LogP contribution >= 0.6 is 0 Å². The van der Waals surface area contributed by atoms with E-state index in [1.54, 1.807) is 51.3 Å². The first-order valence-electron chi connectivity index (χ1n) is 11.3. The van der Waals surface area contributed by atoms with E-state index in [-0.39, 0.29) is 23.1 Å². The molecule has 4 rings (SSSR count). The number of fused-ring (bicyclic) bond motifs is 1. The van der Waals surface area contributed by atoms with Crippen LogP contribution in [0.1, 0.15) is 52.1 Å². The molecule has 8 heteroatoms. The van der Waals surface area contributed by atoms with E-state index in [4.69, 9.17) is 9.47 Å². The van der Waals surface area contributed by atoms with E-state index < -0.39 is 12.6 Å². The molecule has 0 bridgehead atoms. The Hall–Kier alpha value is -4.20. The maximum atomic E-state index is 13.0. The zero-order chi connectivity index (χ0) is 25.3. The van der Waals surface area contributed by atoms with Crippen LogP contribution in [0.4, 0.5) is 0 Å². The molecule has 0 radical (unpaired) electrons. The fourth-order valence-corrected chi connectivity index (χ4v) is 4.16. The van der Waals surface area contributed by atoms with Crippen LogP contribution in [-0.2, 0) is 4.74 Å². The highest BCUT2D eigenvalue weighted by Gasteiger charge is 2.22. The highest BCUT2D eigenvalue weighted by atomic mass is 16.5. The Labute approximate surface area is 202 Å². The molecular formula is C27H27N3O5. The number of rotatable bonds is 7. The molecule has 0 unspecified atom stereocenters. The lowest BCUT2D eigenvalue weighted by Gasteiger charge is -2.13. The molecule has 35 heavy (non-hydrogen) atoms. The van der Waals surface area contributed by atoms with Gasteiger partial charge in [-0.15, -0.1) is 0 Å². The molecule has 4 aromatic rings. The van der Waals surface area contributed by atoms with Crippen LogP contribution in [0.5, 0.6) is 5.75 Å². The van der Waals surface area contributed by atoms with E-state index in [2.05, 4.69) is 5.10 Å². The summed E-state index contributed by atoms with van der Waals surface area (Å²) in [6.07, 6.45) is 0. The van der Waals surface area contributed by atoms with Crippen LogP contribution in [0.2, 0.25) is 0 Å². The summed E-state index contributed by atoms with van der Waals surface area (Å²) in [5, 5.41) is 5.01. The Balaban J connectivity index is 1.59. The summed E-state index contributed by atoms with van der Waals surface area (Å²) in [6.45, 7) is 6.93. The van der Waals surface area contributed by atoms with Gasteiger partial charge in [0.05, 0.1) is 18.5 Å². The summed E-state index contributed by atoms with van der Waals surface area (Å²) in [7, 11) is 1.61. The van der Waals surface area contributed by atoms with Crippen LogP contribution in [0.3, 0.4) is 0 Å². The van der Waals surface area contributed by atoms with E-state index in [0.29, 0.717) is 16.3 Å². The molecule has 0 N–H and O–H groups in total. The lowest BCUT2D eigenvalue weighted by Crippen LogP contribution is -2.28. The van der Waals surface area contributed by atoms with Crippen molar-refractivity contribution in [1.82, 2.24) is 14.3 Å². The second kappa shape index (κ2) is 9.58. The zero-order valence-electron chi connectivity index (χ0n) is 20.4. The molecule has 0 amide bonds. The van der Waals surface area contributed by atoms with Crippen molar-refractivity contribution in [2.75, 3.05) is 13.7 Å². The number of ketones is 1. The number of ether oxygens (including phenoxy) is 2. The second-order valence-electron chi connectivity index (χ2n) is 8.56. The van der Waals surface area contributed by atoms with Crippen molar-refractivity contribution in [2.45, 2.75) is 33.7 Å². The standard InChI is InChI=1S/C27H27N3O5/c1-16(2)30-26(32)22-9-7-6-8-21(22)25(28-30)27(33)35-15-24(31)23-14-17(3)29(18(23)4)19-10-12-20(34-5)13-11-19/h6-14,16H,15H2,1-5H3. The predicted octanol–water partition coefficient (Wildman–Crippen LogP) is 4.43. The minimum absolute atomic E-state index is 0.00501. The topological polar surface area (TPSA) is 92.4 Å². The number of esters is 1. The number of carbonyl (C=O) groups is 2. The van der Waals surface area contributed by atoms with E-state index in [1.807, 2.05) is 42.7 Å². The van der Waals surface area contributed by atoms with Gasteiger partial charge in [0.1, 0.15) is 5.75 Å². The summed E-state index contributed by atoms with van der Waals surface area (Å²) in [4.78, 5) is 38.7.